The maximum Gasteiger partial charge on any atom is 0.116 e. The molecule has 0 aliphatic carbocycles. The van der Waals surface area contributed by atoms with E-state index in [0.29, 0.717) is 5.75 Å². The summed E-state index contributed by atoms with van der Waals surface area (Å²) in [6.07, 6.45) is 2.03. The van der Waals surface area contributed by atoms with Crippen molar-refractivity contribution >= 4 is 22.5 Å². The molecular formula is C15H12ClNO. The van der Waals surface area contributed by atoms with Crippen LogP contribution in [0.15, 0.2) is 54.7 Å². The van der Waals surface area contributed by atoms with Crippen LogP contribution < -0.4 is 0 Å². The molecule has 3 aromatic rings. The fourth-order valence-electron chi connectivity index (χ4n) is 2.11. The fraction of sp³-hybridized carbons (Fsp3) is 0.0667. The largest absolute Gasteiger partial charge is 0.508 e. The molecule has 0 saturated carbocycles. The van der Waals surface area contributed by atoms with Crippen LogP contribution in [-0.4, -0.2) is 9.67 Å². The second kappa shape index (κ2) is 4.39. The Balaban J connectivity index is 1.97. The van der Waals surface area contributed by atoms with E-state index in [1.54, 1.807) is 12.1 Å². The molecule has 3 rings (SSSR count). The summed E-state index contributed by atoms with van der Waals surface area (Å²) in [6.45, 7) is 0.797. The summed E-state index contributed by atoms with van der Waals surface area (Å²) in [5.74, 6) is 0.298. The lowest BCUT2D eigenvalue weighted by Crippen LogP contribution is -1.97. The number of hydrogen-bond donors (Lipinski definition) is 1. The molecule has 1 aromatic heterocycles. The van der Waals surface area contributed by atoms with Crippen LogP contribution in [0.25, 0.3) is 10.9 Å². The van der Waals surface area contributed by atoms with E-state index in [1.165, 1.54) is 5.56 Å². The van der Waals surface area contributed by atoms with E-state index >= 15 is 0 Å². The van der Waals surface area contributed by atoms with Crippen molar-refractivity contribution in [3.63, 3.8) is 0 Å². The molecule has 3 heteroatoms. The highest BCUT2D eigenvalue weighted by molar-refractivity contribution is 6.30. The zero-order chi connectivity index (χ0) is 12.5. The van der Waals surface area contributed by atoms with Crippen molar-refractivity contribution in [1.82, 2.24) is 4.57 Å². The number of rotatable bonds is 2. The minimum atomic E-state index is 0.298. The number of phenolic OH excluding ortho intramolecular Hbond substituents is 1. The zero-order valence-corrected chi connectivity index (χ0v) is 10.4. The Labute approximate surface area is 110 Å². The predicted molar refractivity (Wildman–Crippen MR) is 74.2 cm³/mol. The number of nitrogens with zero attached hydrogens (tertiary/aromatic N) is 1. The van der Waals surface area contributed by atoms with Gasteiger partial charge in [0.15, 0.2) is 0 Å². The molecule has 0 saturated heterocycles. The Morgan fingerprint density at radius 1 is 1.00 bits per heavy atom. The van der Waals surface area contributed by atoms with Crippen LogP contribution in [0.4, 0.5) is 0 Å². The first-order chi connectivity index (χ1) is 8.72. The Morgan fingerprint density at radius 3 is 2.56 bits per heavy atom. The topological polar surface area (TPSA) is 25.2 Å². The molecular weight excluding hydrogens is 246 g/mol. The lowest BCUT2D eigenvalue weighted by molar-refractivity contribution is 0.476. The lowest BCUT2D eigenvalue weighted by Gasteiger charge is -2.06. The molecule has 0 bridgehead atoms. The van der Waals surface area contributed by atoms with Crippen LogP contribution in [-0.2, 0) is 6.54 Å². The second-order valence-corrected chi connectivity index (χ2v) is 4.75. The van der Waals surface area contributed by atoms with Crippen molar-refractivity contribution in [2.75, 3.05) is 0 Å². The minimum Gasteiger partial charge on any atom is -0.508 e. The maximum absolute atomic E-state index is 9.44. The zero-order valence-electron chi connectivity index (χ0n) is 9.68. The first kappa shape index (κ1) is 11.2. The molecule has 0 amide bonds. The van der Waals surface area contributed by atoms with Crippen LogP contribution in [0.5, 0.6) is 5.75 Å². The van der Waals surface area contributed by atoms with Gasteiger partial charge in [0.05, 0.1) is 0 Å². The van der Waals surface area contributed by atoms with Gasteiger partial charge in [0.1, 0.15) is 5.75 Å². The predicted octanol–water partition coefficient (Wildman–Crippen LogP) is 4.05. The maximum atomic E-state index is 9.44. The van der Waals surface area contributed by atoms with Gasteiger partial charge in [-0.05, 0) is 42.0 Å². The summed E-state index contributed by atoms with van der Waals surface area (Å²) in [7, 11) is 0. The molecule has 1 N–H and O–H groups in total. The summed E-state index contributed by atoms with van der Waals surface area (Å²) >= 11 is 5.87. The second-order valence-electron chi connectivity index (χ2n) is 4.31. The molecule has 1 heterocycles. The highest BCUT2D eigenvalue weighted by atomic mass is 35.5. The van der Waals surface area contributed by atoms with Crippen molar-refractivity contribution in [3.05, 3.63) is 65.3 Å². The van der Waals surface area contributed by atoms with Gasteiger partial charge in [0.25, 0.3) is 0 Å². The van der Waals surface area contributed by atoms with Gasteiger partial charge >= 0.3 is 0 Å². The normalized spacial score (nSPS) is 10.9. The van der Waals surface area contributed by atoms with Crippen LogP contribution in [0.2, 0.25) is 5.02 Å². The van der Waals surface area contributed by atoms with Crippen molar-refractivity contribution in [1.29, 1.82) is 0 Å². The third kappa shape index (κ3) is 2.07. The third-order valence-electron chi connectivity index (χ3n) is 3.02. The van der Waals surface area contributed by atoms with Crippen molar-refractivity contribution < 1.29 is 5.11 Å². The standard InChI is InChI=1S/C15H12ClNO/c16-13-3-1-11(2-4-13)10-17-8-7-12-9-14(18)5-6-15(12)17/h1-9,18H,10H2. The van der Waals surface area contributed by atoms with Gasteiger partial charge in [0.2, 0.25) is 0 Å². The van der Waals surface area contributed by atoms with Crippen LogP contribution in [0.1, 0.15) is 5.56 Å². The molecule has 0 aliphatic rings. The van der Waals surface area contributed by atoms with E-state index in [1.807, 2.05) is 42.6 Å². The third-order valence-corrected chi connectivity index (χ3v) is 3.27. The van der Waals surface area contributed by atoms with E-state index in [9.17, 15) is 5.11 Å². The molecule has 2 nitrogen and oxygen atoms in total. The molecule has 18 heavy (non-hydrogen) atoms. The van der Waals surface area contributed by atoms with E-state index in [4.69, 9.17) is 11.6 Å². The van der Waals surface area contributed by atoms with E-state index in [0.717, 1.165) is 22.5 Å². The summed E-state index contributed by atoms with van der Waals surface area (Å²) in [5, 5.41) is 11.2. The summed E-state index contributed by atoms with van der Waals surface area (Å²) in [4.78, 5) is 0. The molecule has 0 fully saturated rings. The van der Waals surface area contributed by atoms with E-state index in [2.05, 4.69) is 4.57 Å². The monoisotopic (exact) mass is 257 g/mol. The smallest absolute Gasteiger partial charge is 0.116 e. The van der Waals surface area contributed by atoms with Crippen molar-refractivity contribution in [2.45, 2.75) is 6.54 Å². The van der Waals surface area contributed by atoms with Crippen LogP contribution >= 0.6 is 11.6 Å². The van der Waals surface area contributed by atoms with Crippen molar-refractivity contribution in [3.8, 4) is 5.75 Å². The Bertz CT molecular complexity index is 685. The summed E-state index contributed by atoms with van der Waals surface area (Å²) in [6, 6.07) is 15.3. The van der Waals surface area contributed by atoms with Gasteiger partial charge in [-0.3, -0.25) is 0 Å². The average molecular weight is 258 g/mol. The molecule has 0 unspecified atom stereocenters. The summed E-state index contributed by atoms with van der Waals surface area (Å²) in [5.41, 5.74) is 2.31. The molecule has 0 atom stereocenters. The Morgan fingerprint density at radius 2 is 1.78 bits per heavy atom. The van der Waals surface area contributed by atoms with Gasteiger partial charge in [-0.1, -0.05) is 23.7 Å². The van der Waals surface area contributed by atoms with Gasteiger partial charge in [-0.2, -0.15) is 0 Å². The fourth-order valence-corrected chi connectivity index (χ4v) is 2.24. The molecule has 90 valence electrons. The van der Waals surface area contributed by atoms with Gasteiger partial charge in [-0.25, -0.2) is 0 Å². The number of aromatic hydroxyl groups is 1. The molecule has 0 aliphatic heterocycles. The van der Waals surface area contributed by atoms with Crippen LogP contribution in [0.3, 0.4) is 0 Å². The number of aromatic nitrogens is 1. The number of benzene rings is 2. The van der Waals surface area contributed by atoms with Crippen LogP contribution in [0, 0.1) is 0 Å². The van der Waals surface area contributed by atoms with Gasteiger partial charge < -0.3 is 9.67 Å². The first-order valence-electron chi connectivity index (χ1n) is 5.75. The number of phenols is 1. The highest BCUT2D eigenvalue weighted by Gasteiger charge is 2.02. The molecule has 2 aromatic carbocycles. The highest BCUT2D eigenvalue weighted by Crippen LogP contribution is 2.22. The number of hydrogen-bond acceptors (Lipinski definition) is 1. The van der Waals surface area contributed by atoms with E-state index in [-0.39, 0.29) is 0 Å². The molecule has 0 radical (unpaired) electrons. The molecule has 0 spiro atoms. The summed E-state index contributed by atoms with van der Waals surface area (Å²) < 4.78 is 2.15. The number of halogens is 1. The Kier molecular flexibility index (Phi) is 2.73. The van der Waals surface area contributed by atoms with E-state index < -0.39 is 0 Å². The van der Waals surface area contributed by atoms with Crippen molar-refractivity contribution in [2.24, 2.45) is 0 Å². The quantitative estimate of drug-likeness (QED) is 0.736. The lowest BCUT2D eigenvalue weighted by atomic mass is 10.2. The number of fused-ring (bicyclic) bond motifs is 1. The SMILES string of the molecule is Oc1ccc2c(ccn2Cc2ccc(Cl)cc2)c1. The van der Waals surface area contributed by atoms with Gasteiger partial charge in [-0.15, -0.1) is 0 Å². The first-order valence-corrected chi connectivity index (χ1v) is 6.12. The Hall–Kier alpha value is -1.93. The minimum absolute atomic E-state index is 0.298. The average Bonchev–Trinajstić information content (AvgIpc) is 2.74. The van der Waals surface area contributed by atoms with Gasteiger partial charge in [0, 0.05) is 28.7 Å².